The Morgan fingerprint density at radius 3 is 2.31 bits per heavy atom. The highest BCUT2D eigenvalue weighted by molar-refractivity contribution is 7.85. The Labute approximate surface area is 94.6 Å². The van der Waals surface area contributed by atoms with E-state index < -0.39 is 20.6 Å². The van der Waals surface area contributed by atoms with Crippen LogP contribution < -0.4 is 0 Å². The summed E-state index contributed by atoms with van der Waals surface area (Å²) in [5.74, 6) is 0. The summed E-state index contributed by atoms with van der Waals surface area (Å²) >= 11 is 0. The Bertz CT molecular complexity index is 650. The van der Waals surface area contributed by atoms with Crippen molar-refractivity contribution in [3.05, 3.63) is 23.8 Å². The number of benzene rings is 1. The first-order valence-corrected chi connectivity index (χ1v) is 6.62. The van der Waals surface area contributed by atoms with Gasteiger partial charge in [0.05, 0.1) is 0 Å². The molecule has 0 aliphatic carbocycles. The van der Waals surface area contributed by atoms with Crippen LogP contribution in [0.15, 0.2) is 23.1 Å². The first-order chi connectivity index (χ1) is 7.23. The molecule has 16 heavy (non-hydrogen) atoms. The molecule has 1 aromatic rings. The summed E-state index contributed by atoms with van der Waals surface area (Å²) in [5, 5.41) is 0. The fraction of sp³-hybridized carbons (Fsp3) is 0.250. The van der Waals surface area contributed by atoms with Crippen molar-refractivity contribution >= 4 is 26.3 Å². The summed E-state index contributed by atoms with van der Waals surface area (Å²) in [6.07, 6.45) is 0. The molecule has 0 unspecified atom stereocenters. The minimum Gasteiger partial charge on any atom is -0.282 e. The Morgan fingerprint density at radius 2 is 1.88 bits per heavy atom. The van der Waals surface area contributed by atoms with Gasteiger partial charge >= 0.3 is 10.5 Å². The van der Waals surface area contributed by atoms with Gasteiger partial charge in [0.25, 0.3) is 10.1 Å². The second-order valence-electron chi connectivity index (χ2n) is 3.14. The van der Waals surface area contributed by atoms with Gasteiger partial charge in [0, 0.05) is 11.6 Å². The molecular weight excluding hydrogens is 254 g/mol. The molecule has 0 saturated carbocycles. The Hall–Kier alpha value is -1.25. The number of rotatable bonds is 2. The molecule has 0 saturated heterocycles. The molecule has 0 bridgehead atoms. The predicted molar refractivity (Wildman–Crippen MR) is 55.8 cm³/mol. The lowest BCUT2D eigenvalue weighted by atomic mass is 10.2. The highest BCUT2D eigenvalue weighted by atomic mass is 32.2. The molecule has 6 nitrogen and oxygen atoms in total. The van der Waals surface area contributed by atoms with Gasteiger partial charge in [0.1, 0.15) is 4.90 Å². The Morgan fingerprint density at radius 1 is 1.31 bits per heavy atom. The van der Waals surface area contributed by atoms with E-state index in [1.807, 2.05) is 0 Å². The van der Waals surface area contributed by atoms with Crippen LogP contribution in [0.2, 0.25) is 0 Å². The number of hydrogen-bond donors (Lipinski definition) is 1. The molecule has 1 aromatic carbocycles. The molecule has 0 heterocycles. The SMILES string of the molecule is Cc1ccc(S(=O)(=O)O)cc1[N+](C)=S(=O)=O. The zero-order valence-corrected chi connectivity index (χ0v) is 10.2. The van der Waals surface area contributed by atoms with Crippen molar-refractivity contribution in [2.45, 2.75) is 11.8 Å². The first kappa shape index (κ1) is 12.8. The van der Waals surface area contributed by atoms with Crippen LogP contribution in [0.4, 0.5) is 5.69 Å². The van der Waals surface area contributed by atoms with Gasteiger partial charge in [-0.1, -0.05) is 10.0 Å². The fourth-order valence-corrected chi connectivity index (χ4v) is 2.03. The molecule has 0 aromatic heterocycles. The summed E-state index contributed by atoms with van der Waals surface area (Å²) in [4.78, 5) is -0.342. The highest BCUT2D eigenvalue weighted by Crippen LogP contribution is 2.21. The van der Waals surface area contributed by atoms with E-state index in [0.717, 1.165) is 10.0 Å². The van der Waals surface area contributed by atoms with E-state index in [1.54, 1.807) is 6.92 Å². The molecule has 0 aliphatic heterocycles. The van der Waals surface area contributed by atoms with Gasteiger partial charge in [-0.05, 0) is 13.0 Å². The van der Waals surface area contributed by atoms with Gasteiger partial charge in [-0.3, -0.25) is 4.55 Å². The quantitative estimate of drug-likeness (QED) is 0.623. The average Bonchev–Trinajstić information content (AvgIpc) is 2.15. The topological polar surface area (TPSA) is 91.5 Å². The Kier molecular flexibility index (Phi) is 3.46. The van der Waals surface area contributed by atoms with E-state index in [0.29, 0.717) is 5.56 Å². The average molecular weight is 264 g/mol. The van der Waals surface area contributed by atoms with Crippen molar-refractivity contribution in [1.82, 2.24) is 0 Å². The smallest absolute Gasteiger partial charge is 0.282 e. The van der Waals surface area contributed by atoms with Gasteiger partial charge in [0.15, 0.2) is 7.05 Å². The van der Waals surface area contributed by atoms with Gasteiger partial charge in [0.2, 0.25) is 5.69 Å². The minimum absolute atomic E-state index is 0.198. The van der Waals surface area contributed by atoms with Crippen LogP contribution in [-0.4, -0.2) is 32.4 Å². The van der Waals surface area contributed by atoms with Crippen molar-refractivity contribution in [3.8, 4) is 0 Å². The molecule has 0 fully saturated rings. The lowest BCUT2D eigenvalue weighted by Gasteiger charge is -2.00. The van der Waals surface area contributed by atoms with Gasteiger partial charge in [-0.25, -0.2) is 0 Å². The van der Waals surface area contributed by atoms with E-state index in [1.165, 1.54) is 19.2 Å². The standard InChI is InChI=1S/C8H9NO5S2/c1-6-3-4-7(16(12,13)14)5-8(6)9(2)15(10)11/h3-5H,1-2H3/p+1. The van der Waals surface area contributed by atoms with E-state index in [4.69, 9.17) is 4.55 Å². The van der Waals surface area contributed by atoms with Crippen molar-refractivity contribution in [2.24, 2.45) is 0 Å². The van der Waals surface area contributed by atoms with Crippen LogP contribution >= 0.6 is 0 Å². The second-order valence-corrected chi connectivity index (χ2v) is 5.54. The van der Waals surface area contributed by atoms with E-state index in [-0.39, 0.29) is 10.6 Å². The van der Waals surface area contributed by atoms with Gasteiger partial charge in [-0.2, -0.15) is 8.42 Å². The second kappa shape index (κ2) is 4.32. The van der Waals surface area contributed by atoms with Crippen molar-refractivity contribution < 1.29 is 25.3 Å². The van der Waals surface area contributed by atoms with Crippen LogP contribution in [-0.2, 0) is 20.6 Å². The van der Waals surface area contributed by atoms with E-state index >= 15 is 0 Å². The minimum atomic E-state index is -4.33. The molecule has 0 radical (unpaired) electrons. The maximum absolute atomic E-state index is 10.9. The van der Waals surface area contributed by atoms with Crippen LogP contribution in [0.1, 0.15) is 5.56 Å². The molecule has 8 heteroatoms. The lowest BCUT2D eigenvalue weighted by molar-refractivity contribution is -0.378. The van der Waals surface area contributed by atoms with Crippen molar-refractivity contribution in [1.29, 1.82) is 0 Å². The molecule has 0 amide bonds. The predicted octanol–water partition coefficient (Wildman–Crippen LogP) is 0.578. The van der Waals surface area contributed by atoms with Crippen molar-refractivity contribution in [3.63, 3.8) is 0 Å². The zero-order chi connectivity index (χ0) is 12.5. The third kappa shape index (κ3) is 2.65. The van der Waals surface area contributed by atoms with E-state index in [9.17, 15) is 16.8 Å². The molecular formula is C8H10NO5S2+. The summed E-state index contributed by atoms with van der Waals surface area (Å²) in [6, 6.07) is 3.72. The summed E-state index contributed by atoms with van der Waals surface area (Å²) in [6.45, 7) is 1.63. The van der Waals surface area contributed by atoms with Crippen molar-refractivity contribution in [2.75, 3.05) is 7.05 Å². The molecule has 0 spiro atoms. The van der Waals surface area contributed by atoms with Crippen LogP contribution in [0, 0.1) is 6.92 Å². The maximum Gasteiger partial charge on any atom is 0.464 e. The van der Waals surface area contributed by atoms with Crippen LogP contribution in [0.3, 0.4) is 0 Å². The largest absolute Gasteiger partial charge is 0.464 e. The third-order valence-electron chi connectivity index (χ3n) is 2.04. The first-order valence-electron chi connectivity index (χ1n) is 4.14. The number of aryl methyl sites for hydroxylation is 1. The summed E-state index contributed by atoms with van der Waals surface area (Å²) in [7, 11) is -5.55. The van der Waals surface area contributed by atoms with Crippen LogP contribution in [0.5, 0.6) is 0 Å². The number of nitrogens with zero attached hydrogens (tertiary/aromatic N) is 1. The monoisotopic (exact) mass is 264 g/mol. The maximum atomic E-state index is 10.9. The molecule has 0 atom stereocenters. The zero-order valence-electron chi connectivity index (χ0n) is 8.58. The fourth-order valence-electron chi connectivity index (χ4n) is 1.17. The van der Waals surface area contributed by atoms with Gasteiger partial charge in [-0.15, -0.1) is 8.42 Å². The van der Waals surface area contributed by atoms with E-state index in [2.05, 4.69) is 0 Å². The summed E-state index contributed by atoms with van der Waals surface area (Å²) < 4.78 is 52.9. The molecule has 1 rings (SSSR count). The molecule has 0 aliphatic rings. The lowest BCUT2D eigenvalue weighted by Crippen LogP contribution is -2.02. The van der Waals surface area contributed by atoms with Gasteiger partial charge < -0.3 is 0 Å². The normalized spacial score (nSPS) is 11.2. The Balaban J connectivity index is 3.61. The number of hydrogen-bond acceptors (Lipinski definition) is 4. The molecule has 88 valence electrons. The highest BCUT2D eigenvalue weighted by Gasteiger charge is 2.17. The third-order valence-corrected chi connectivity index (χ3v) is 3.53. The van der Waals surface area contributed by atoms with Crippen LogP contribution in [0.25, 0.3) is 0 Å². The summed E-state index contributed by atoms with van der Waals surface area (Å²) in [5.41, 5.74) is 0.780. The molecule has 1 N–H and O–H groups in total.